The van der Waals surface area contributed by atoms with E-state index < -0.39 is 0 Å². The summed E-state index contributed by atoms with van der Waals surface area (Å²) in [4.78, 5) is 0. The van der Waals surface area contributed by atoms with Crippen LogP contribution in [0.1, 0.15) is 30.5 Å². The van der Waals surface area contributed by atoms with Crippen molar-refractivity contribution < 1.29 is 0 Å². The highest BCUT2D eigenvalue weighted by Crippen LogP contribution is 2.27. The molecule has 0 fully saturated rings. The molecule has 2 rings (SSSR count). The first-order chi connectivity index (χ1) is 9.47. The second kappa shape index (κ2) is 6.43. The summed E-state index contributed by atoms with van der Waals surface area (Å²) in [5.41, 5.74) is 6.17. The Morgan fingerprint density at radius 1 is 0.950 bits per heavy atom. The van der Waals surface area contributed by atoms with Crippen molar-refractivity contribution in [1.82, 2.24) is 5.32 Å². The molecule has 0 aliphatic rings. The zero-order chi connectivity index (χ0) is 14.7. The molecule has 0 saturated carbocycles. The van der Waals surface area contributed by atoms with E-state index in [2.05, 4.69) is 69.4 Å². The van der Waals surface area contributed by atoms with Gasteiger partial charge in [-0.25, -0.2) is 0 Å². The van der Waals surface area contributed by atoms with E-state index in [1.54, 1.807) is 0 Å². The van der Waals surface area contributed by atoms with Crippen molar-refractivity contribution in [3.8, 4) is 11.1 Å². The van der Waals surface area contributed by atoms with Gasteiger partial charge in [-0.1, -0.05) is 55.8 Å². The summed E-state index contributed by atoms with van der Waals surface area (Å²) in [6.45, 7) is 9.35. The van der Waals surface area contributed by atoms with Crippen LogP contribution in [-0.4, -0.2) is 6.04 Å². The molecule has 0 saturated heterocycles. The summed E-state index contributed by atoms with van der Waals surface area (Å²) in [7, 11) is 0. The molecule has 0 aliphatic carbocycles. The van der Waals surface area contributed by atoms with Gasteiger partial charge in [0.15, 0.2) is 0 Å². The minimum Gasteiger partial charge on any atom is -0.310 e. The van der Waals surface area contributed by atoms with Gasteiger partial charge in [-0.3, -0.25) is 0 Å². The third-order valence-electron chi connectivity index (χ3n) is 3.59. The lowest BCUT2D eigenvalue weighted by molar-refractivity contribution is 0.589. The number of halogens is 1. The minimum absolute atomic E-state index is 0.463. The van der Waals surface area contributed by atoms with Crippen LogP contribution in [0.4, 0.5) is 0 Å². The van der Waals surface area contributed by atoms with Crippen LogP contribution in [0.3, 0.4) is 0 Å². The van der Waals surface area contributed by atoms with Crippen molar-refractivity contribution >= 4 is 11.6 Å². The number of nitrogens with one attached hydrogen (secondary N) is 1. The van der Waals surface area contributed by atoms with Gasteiger partial charge in [0, 0.05) is 17.6 Å². The van der Waals surface area contributed by atoms with E-state index in [1.807, 2.05) is 0 Å². The summed E-state index contributed by atoms with van der Waals surface area (Å²) in [5.74, 6) is 0. The Morgan fingerprint density at radius 2 is 1.60 bits per heavy atom. The zero-order valence-electron chi connectivity index (χ0n) is 12.6. The number of benzene rings is 2. The van der Waals surface area contributed by atoms with Crippen molar-refractivity contribution in [3.63, 3.8) is 0 Å². The minimum atomic E-state index is 0.463. The molecular formula is C18H22ClN. The lowest BCUT2D eigenvalue weighted by atomic mass is 9.99. The number of hydrogen-bond acceptors (Lipinski definition) is 1. The summed E-state index contributed by atoms with van der Waals surface area (Å²) in [6.07, 6.45) is 0. The molecule has 0 bridgehead atoms. The van der Waals surface area contributed by atoms with Crippen LogP contribution in [0.25, 0.3) is 11.1 Å². The lowest BCUT2D eigenvalue weighted by Gasteiger charge is -2.11. The van der Waals surface area contributed by atoms with Crippen molar-refractivity contribution in [3.05, 3.63) is 58.1 Å². The second-order valence-electron chi connectivity index (χ2n) is 5.64. The molecule has 1 nitrogen and oxygen atoms in total. The van der Waals surface area contributed by atoms with Gasteiger partial charge in [0.1, 0.15) is 0 Å². The Labute approximate surface area is 127 Å². The molecule has 0 aliphatic heterocycles. The Kier molecular flexibility index (Phi) is 4.85. The summed E-state index contributed by atoms with van der Waals surface area (Å²) in [6, 6.07) is 13.3. The molecule has 0 unspecified atom stereocenters. The van der Waals surface area contributed by atoms with Gasteiger partial charge in [0.25, 0.3) is 0 Å². The topological polar surface area (TPSA) is 12.0 Å². The predicted molar refractivity (Wildman–Crippen MR) is 88.3 cm³/mol. The molecule has 2 aromatic carbocycles. The highest BCUT2D eigenvalue weighted by atomic mass is 35.5. The van der Waals surface area contributed by atoms with E-state index in [0.29, 0.717) is 6.04 Å². The van der Waals surface area contributed by atoms with Crippen LogP contribution in [-0.2, 0) is 6.54 Å². The van der Waals surface area contributed by atoms with E-state index in [4.69, 9.17) is 11.6 Å². The van der Waals surface area contributed by atoms with Gasteiger partial charge >= 0.3 is 0 Å². The molecule has 2 aromatic rings. The standard InChI is InChI=1S/C18H22ClN/c1-12(2)20-11-17-8-7-16(10-18(17)19)15-6-5-13(3)14(4)9-15/h5-10,12,20H,11H2,1-4H3. The Bertz CT molecular complexity index is 602. The van der Waals surface area contributed by atoms with Crippen molar-refractivity contribution in [1.29, 1.82) is 0 Å². The van der Waals surface area contributed by atoms with Crippen LogP contribution in [0, 0.1) is 13.8 Å². The fourth-order valence-corrected chi connectivity index (χ4v) is 2.35. The SMILES string of the molecule is Cc1ccc(-c2ccc(CNC(C)C)c(Cl)c2)cc1C. The third-order valence-corrected chi connectivity index (χ3v) is 3.95. The average molecular weight is 288 g/mol. The van der Waals surface area contributed by atoms with Gasteiger partial charge in [0.2, 0.25) is 0 Å². The molecule has 0 aromatic heterocycles. The first-order valence-electron chi connectivity index (χ1n) is 7.07. The van der Waals surface area contributed by atoms with Crippen LogP contribution in [0.15, 0.2) is 36.4 Å². The molecule has 20 heavy (non-hydrogen) atoms. The highest BCUT2D eigenvalue weighted by molar-refractivity contribution is 6.31. The fourth-order valence-electron chi connectivity index (χ4n) is 2.11. The molecule has 0 radical (unpaired) electrons. The maximum Gasteiger partial charge on any atom is 0.0457 e. The smallest absolute Gasteiger partial charge is 0.0457 e. The average Bonchev–Trinajstić information content (AvgIpc) is 2.40. The first-order valence-corrected chi connectivity index (χ1v) is 7.44. The van der Waals surface area contributed by atoms with E-state index in [1.165, 1.54) is 22.3 Å². The zero-order valence-corrected chi connectivity index (χ0v) is 13.4. The Morgan fingerprint density at radius 3 is 2.20 bits per heavy atom. The van der Waals surface area contributed by atoms with Gasteiger partial charge in [-0.2, -0.15) is 0 Å². The van der Waals surface area contributed by atoms with Crippen molar-refractivity contribution in [2.24, 2.45) is 0 Å². The molecule has 0 amide bonds. The number of aryl methyl sites for hydroxylation is 2. The maximum atomic E-state index is 6.39. The van der Waals surface area contributed by atoms with Gasteiger partial charge in [-0.15, -0.1) is 0 Å². The van der Waals surface area contributed by atoms with Crippen molar-refractivity contribution in [2.45, 2.75) is 40.3 Å². The largest absolute Gasteiger partial charge is 0.310 e. The van der Waals surface area contributed by atoms with Gasteiger partial charge < -0.3 is 5.32 Å². The normalized spacial score (nSPS) is 11.1. The summed E-state index contributed by atoms with van der Waals surface area (Å²) in [5, 5.41) is 4.22. The van der Waals surface area contributed by atoms with E-state index >= 15 is 0 Å². The highest BCUT2D eigenvalue weighted by Gasteiger charge is 2.05. The molecule has 106 valence electrons. The van der Waals surface area contributed by atoms with Crippen LogP contribution in [0.2, 0.25) is 5.02 Å². The predicted octanol–water partition coefficient (Wildman–Crippen LogP) is 5.12. The monoisotopic (exact) mass is 287 g/mol. The van der Waals surface area contributed by atoms with E-state index in [0.717, 1.165) is 17.1 Å². The molecule has 2 heteroatoms. The molecule has 1 N–H and O–H groups in total. The van der Waals surface area contributed by atoms with E-state index in [9.17, 15) is 0 Å². The lowest BCUT2D eigenvalue weighted by Crippen LogP contribution is -2.21. The van der Waals surface area contributed by atoms with Crippen molar-refractivity contribution in [2.75, 3.05) is 0 Å². The number of hydrogen-bond donors (Lipinski definition) is 1. The molecule has 0 heterocycles. The quantitative estimate of drug-likeness (QED) is 0.823. The molecule has 0 spiro atoms. The summed E-state index contributed by atoms with van der Waals surface area (Å²) < 4.78 is 0. The second-order valence-corrected chi connectivity index (χ2v) is 6.05. The first kappa shape index (κ1) is 15.1. The van der Waals surface area contributed by atoms with Crippen LogP contribution >= 0.6 is 11.6 Å². The summed E-state index contributed by atoms with van der Waals surface area (Å²) >= 11 is 6.39. The Balaban J connectivity index is 2.26. The van der Waals surface area contributed by atoms with Crippen LogP contribution < -0.4 is 5.32 Å². The molecular weight excluding hydrogens is 266 g/mol. The Hall–Kier alpha value is -1.31. The van der Waals surface area contributed by atoms with Gasteiger partial charge in [-0.05, 0) is 47.7 Å². The van der Waals surface area contributed by atoms with Crippen LogP contribution in [0.5, 0.6) is 0 Å². The maximum absolute atomic E-state index is 6.39. The van der Waals surface area contributed by atoms with Gasteiger partial charge in [0.05, 0.1) is 0 Å². The molecule has 0 atom stereocenters. The number of rotatable bonds is 4. The third kappa shape index (κ3) is 3.62. The fraction of sp³-hybridized carbons (Fsp3) is 0.333. The van der Waals surface area contributed by atoms with E-state index in [-0.39, 0.29) is 0 Å².